The van der Waals surface area contributed by atoms with Gasteiger partial charge in [-0.1, -0.05) is 6.42 Å². The first-order valence-corrected chi connectivity index (χ1v) is 6.25. The minimum atomic E-state index is -4.35. The van der Waals surface area contributed by atoms with Crippen LogP contribution >= 0.6 is 0 Å². The highest BCUT2D eigenvalue weighted by Crippen LogP contribution is 2.43. The molecule has 1 aliphatic carbocycles. The number of hydrogen-bond acceptors (Lipinski definition) is 2. The molecule has 0 aromatic heterocycles. The van der Waals surface area contributed by atoms with Crippen molar-refractivity contribution >= 4 is 5.91 Å². The molecule has 0 radical (unpaired) electrons. The lowest BCUT2D eigenvalue weighted by Gasteiger charge is -2.42. The summed E-state index contributed by atoms with van der Waals surface area (Å²) in [5.74, 6) is -0.438. The maximum absolute atomic E-state index is 12.4. The molecule has 1 amide bonds. The molecule has 0 unspecified atom stereocenters. The average molecular weight is 266 g/mol. The number of carbonyl (C=O) groups excluding carboxylic acids is 1. The van der Waals surface area contributed by atoms with Gasteiger partial charge in [0.15, 0.2) is 0 Å². The van der Waals surface area contributed by atoms with E-state index in [0.29, 0.717) is 6.54 Å². The second-order valence-corrected chi connectivity index (χ2v) is 5.47. The van der Waals surface area contributed by atoms with Crippen LogP contribution in [0.3, 0.4) is 0 Å². The zero-order chi connectivity index (χ0) is 14.0. The number of carbonyl (C=O) groups is 1. The van der Waals surface area contributed by atoms with Crippen molar-refractivity contribution in [3.05, 3.63) is 0 Å². The molecule has 1 aliphatic rings. The van der Waals surface area contributed by atoms with Crippen molar-refractivity contribution in [2.24, 2.45) is 11.1 Å². The summed E-state index contributed by atoms with van der Waals surface area (Å²) in [7, 11) is 0. The maximum Gasteiger partial charge on any atom is 0.406 e. The zero-order valence-electron chi connectivity index (χ0n) is 10.9. The summed E-state index contributed by atoms with van der Waals surface area (Å²) in [4.78, 5) is 12.9. The highest BCUT2D eigenvalue weighted by molar-refractivity contribution is 5.77. The van der Waals surface area contributed by atoms with E-state index in [9.17, 15) is 18.0 Å². The smallest absolute Gasteiger partial charge is 0.331 e. The fraction of sp³-hybridized carbons (Fsp3) is 0.917. The molecule has 2 N–H and O–H groups in total. The summed E-state index contributed by atoms with van der Waals surface area (Å²) in [6, 6.07) is -0.450. The van der Waals surface area contributed by atoms with Crippen LogP contribution in [0.15, 0.2) is 0 Å². The van der Waals surface area contributed by atoms with Crippen molar-refractivity contribution in [3.8, 4) is 0 Å². The Balaban J connectivity index is 2.65. The lowest BCUT2D eigenvalue weighted by molar-refractivity contribution is -0.166. The number of alkyl halides is 3. The summed E-state index contributed by atoms with van der Waals surface area (Å²) < 4.78 is 37.3. The number of nitrogens with zero attached hydrogens (tertiary/aromatic N) is 1. The zero-order valence-corrected chi connectivity index (χ0v) is 10.9. The van der Waals surface area contributed by atoms with E-state index in [1.165, 1.54) is 0 Å². The number of halogens is 3. The predicted molar refractivity (Wildman–Crippen MR) is 62.9 cm³/mol. The van der Waals surface area contributed by atoms with Crippen molar-refractivity contribution < 1.29 is 18.0 Å². The summed E-state index contributed by atoms with van der Waals surface area (Å²) in [6.45, 7) is 2.39. The van der Waals surface area contributed by atoms with Crippen LogP contribution in [0, 0.1) is 5.41 Å². The summed E-state index contributed by atoms with van der Waals surface area (Å²) in [5, 5.41) is 0. The van der Waals surface area contributed by atoms with Gasteiger partial charge in [0.05, 0.1) is 0 Å². The van der Waals surface area contributed by atoms with Gasteiger partial charge in [0, 0.05) is 12.5 Å². The van der Waals surface area contributed by atoms with Crippen molar-refractivity contribution in [1.82, 2.24) is 4.90 Å². The third-order valence-corrected chi connectivity index (χ3v) is 3.67. The number of rotatable bonds is 5. The molecule has 0 spiro atoms. The van der Waals surface area contributed by atoms with Gasteiger partial charge in [0.2, 0.25) is 5.91 Å². The van der Waals surface area contributed by atoms with Gasteiger partial charge in [-0.25, -0.2) is 0 Å². The normalized spacial score (nSPS) is 18.6. The second-order valence-electron chi connectivity index (χ2n) is 5.47. The Labute approximate surface area is 106 Å². The summed E-state index contributed by atoms with van der Waals surface area (Å²) >= 11 is 0. The van der Waals surface area contributed by atoms with E-state index in [2.05, 4.69) is 0 Å². The molecule has 0 aromatic rings. The summed E-state index contributed by atoms with van der Waals surface area (Å²) in [5.41, 5.74) is 5.37. The van der Waals surface area contributed by atoms with E-state index in [-0.39, 0.29) is 11.8 Å². The topological polar surface area (TPSA) is 46.3 Å². The van der Waals surface area contributed by atoms with Crippen LogP contribution in [0.2, 0.25) is 0 Å². The lowest BCUT2D eigenvalue weighted by atomic mass is 9.66. The third-order valence-electron chi connectivity index (χ3n) is 3.67. The molecular weight excluding hydrogens is 245 g/mol. The molecule has 6 heteroatoms. The molecule has 0 aliphatic heterocycles. The lowest BCUT2D eigenvalue weighted by Crippen LogP contribution is -2.48. The minimum absolute atomic E-state index is 0.137. The molecule has 106 valence electrons. The molecule has 1 rings (SSSR count). The largest absolute Gasteiger partial charge is 0.406 e. The Morgan fingerprint density at radius 3 is 2.22 bits per heavy atom. The van der Waals surface area contributed by atoms with E-state index in [1.807, 2.05) is 0 Å². The molecule has 0 bridgehead atoms. The molecule has 0 aromatic carbocycles. The highest BCUT2D eigenvalue weighted by Gasteiger charge is 2.41. The quantitative estimate of drug-likeness (QED) is 0.830. The van der Waals surface area contributed by atoms with Crippen molar-refractivity contribution in [3.63, 3.8) is 0 Å². The Kier molecular flexibility index (Phi) is 4.64. The van der Waals surface area contributed by atoms with E-state index in [0.717, 1.165) is 24.2 Å². The molecule has 1 fully saturated rings. The summed E-state index contributed by atoms with van der Waals surface area (Å²) in [6.07, 6.45) is -1.53. The van der Waals surface area contributed by atoms with Crippen LogP contribution < -0.4 is 5.73 Å². The fourth-order valence-corrected chi connectivity index (χ4v) is 2.30. The van der Waals surface area contributed by atoms with Gasteiger partial charge in [-0.05, 0) is 38.6 Å². The van der Waals surface area contributed by atoms with Gasteiger partial charge in [0.1, 0.15) is 6.54 Å². The Hall–Kier alpha value is -0.780. The second kappa shape index (κ2) is 5.47. The van der Waals surface area contributed by atoms with Gasteiger partial charge in [-0.3, -0.25) is 4.79 Å². The average Bonchev–Trinajstić information content (AvgIpc) is 2.18. The highest BCUT2D eigenvalue weighted by atomic mass is 19.4. The van der Waals surface area contributed by atoms with Gasteiger partial charge >= 0.3 is 6.18 Å². The van der Waals surface area contributed by atoms with Crippen LogP contribution in [-0.4, -0.2) is 36.1 Å². The van der Waals surface area contributed by atoms with Gasteiger partial charge in [-0.15, -0.1) is 0 Å². The van der Waals surface area contributed by atoms with Crippen molar-refractivity contribution in [1.29, 1.82) is 0 Å². The number of amides is 1. The number of nitrogens with two attached hydrogens (primary N) is 1. The molecule has 18 heavy (non-hydrogen) atoms. The van der Waals surface area contributed by atoms with E-state index >= 15 is 0 Å². The standard InChI is InChI=1S/C12H21F3N2O/c1-9(2)17(8-12(13,14)15)10(18)6-11(7-16)4-3-5-11/h9H,3-8,16H2,1-2H3. The van der Waals surface area contributed by atoms with Crippen LogP contribution in [0.4, 0.5) is 13.2 Å². The Morgan fingerprint density at radius 2 is 1.94 bits per heavy atom. The first-order chi connectivity index (χ1) is 8.19. The van der Waals surface area contributed by atoms with Gasteiger partial charge in [-0.2, -0.15) is 13.2 Å². The third kappa shape index (κ3) is 3.86. The monoisotopic (exact) mass is 266 g/mol. The van der Waals surface area contributed by atoms with Crippen molar-refractivity contribution in [2.75, 3.05) is 13.1 Å². The van der Waals surface area contributed by atoms with Crippen LogP contribution in [0.5, 0.6) is 0 Å². The Morgan fingerprint density at radius 1 is 1.39 bits per heavy atom. The molecule has 0 atom stereocenters. The molecule has 1 saturated carbocycles. The van der Waals surface area contributed by atoms with Crippen LogP contribution in [-0.2, 0) is 4.79 Å². The first kappa shape index (κ1) is 15.3. The van der Waals surface area contributed by atoms with Crippen LogP contribution in [0.1, 0.15) is 39.5 Å². The molecular formula is C12H21F3N2O. The predicted octanol–water partition coefficient (Wildman–Crippen LogP) is 2.30. The Bertz CT molecular complexity index is 293. The first-order valence-electron chi connectivity index (χ1n) is 6.25. The minimum Gasteiger partial charge on any atom is -0.331 e. The van der Waals surface area contributed by atoms with Crippen LogP contribution in [0.25, 0.3) is 0 Å². The van der Waals surface area contributed by atoms with Gasteiger partial charge < -0.3 is 10.6 Å². The molecule has 3 nitrogen and oxygen atoms in total. The van der Waals surface area contributed by atoms with E-state index in [4.69, 9.17) is 5.73 Å². The van der Waals surface area contributed by atoms with E-state index in [1.54, 1.807) is 13.8 Å². The van der Waals surface area contributed by atoms with Crippen molar-refractivity contribution in [2.45, 2.75) is 51.7 Å². The fourth-order valence-electron chi connectivity index (χ4n) is 2.30. The number of hydrogen-bond donors (Lipinski definition) is 1. The molecule has 0 saturated heterocycles. The molecule has 0 heterocycles. The SMILES string of the molecule is CC(C)N(CC(F)(F)F)C(=O)CC1(CN)CCC1. The van der Waals surface area contributed by atoms with Gasteiger partial charge in [0.25, 0.3) is 0 Å². The maximum atomic E-state index is 12.4. The van der Waals surface area contributed by atoms with E-state index < -0.39 is 24.7 Å².